The third kappa shape index (κ3) is 4.78. The van der Waals surface area contributed by atoms with Gasteiger partial charge >= 0.3 is 6.61 Å². The summed E-state index contributed by atoms with van der Waals surface area (Å²) in [6.45, 7) is 3.99. The fourth-order valence-corrected chi connectivity index (χ4v) is 1.64. The molecule has 114 valence electrons. The minimum absolute atomic E-state index is 0.00195. The molecule has 5 nitrogen and oxygen atoms in total. The summed E-state index contributed by atoms with van der Waals surface area (Å²) in [5.74, 6) is 0.114. The van der Waals surface area contributed by atoms with Crippen LogP contribution in [0.15, 0.2) is 30.5 Å². The van der Waals surface area contributed by atoms with E-state index in [2.05, 4.69) is 41.1 Å². The molecule has 0 fully saturated rings. The lowest BCUT2D eigenvalue weighted by atomic mass is 10.1. The highest BCUT2D eigenvalue weighted by Crippen LogP contribution is 2.17. The zero-order chi connectivity index (χ0) is 15.5. The van der Waals surface area contributed by atoms with Gasteiger partial charge in [0.15, 0.2) is 0 Å². The van der Waals surface area contributed by atoms with Crippen molar-refractivity contribution < 1.29 is 13.5 Å². The molecule has 0 spiro atoms. The van der Waals surface area contributed by atoms with Gasteiger partial charge in [-0.05, 0) is 45.0 Å². The minimum atomic E-state index is -2.82. The number of hydrogen-bond donors (Lipinski definition) is 1. The molecule has 1 aromatic heterocycles. The quantitative estimate of drug-likeness (QED) is 0.922. The van der Waals surface area contributed by atoms with Crippen LogP contribution in [0.1, 0.15) is 26.5 Å². The van der Waals surface area contributed by atoms with Gasteiger partial charge in [-0.2, -0.15) is 8.78 Å². The fraction of sp³-hybridized carbons (Fsp3) is 0.429. The highest BCUT2D eigenvalue weighted by atomic mass is 19.3. The van der Waals surface area contributed by atoms with E-state index in [4.69, 9.17) is 0 Å². The average Bonchev–Trinajstić information content (AvgIpc) is 2.84. The summed E-state index contributed by atoms with van der Waals surface area (Å²) in [6, 6.07) is 6.23. The van der Waals surface area contributed by atoms with Crippen molar-refractivity contribution >= 4 is 0 Å². The highest BCUT2D eigenvalue weighted by molar-refractivity contribution is 5.36. The molecule has 21 heavy (non-hydrogen) atoms. The number of rotatable bonds is 5. The molecule has 0 saturated carbocycles. The van der Waals surface area contributed by atoms with E-state index in [-0.39, 0.29) is 11.3 Å². The molecule has 0 bridgehead atoms. The molecule has 1 aromatic carbocycles. The molecule has 0 aliphatic rings. The van der Waals surface area contributed by atoms with E-state index in [1.807, 2.05) is 0 Å². The Hall–Kier alpha value is -2.02. The number of nitrogens with zero attached hydrogens (tertiary/aromatic N) is 3. The van der Waals surface area contributed by atoms with Crippen LogP contribution in [0, 0.1) is 0 Å². The standard InChI is InChI=1S/C14H18F2N4O/c1-14(2,3)17-8-10-9-20(19-18-10)11-4-6-12(7-5-11)21-13(15)16/h4-7,9,13,17H,8H2,1-3H3. The van der Waals surface area contributed by atoms with Crippen molar-refractivity contribution in [2.75, 3.05) is 0 Å². The van der Waals surface area contributed by atoms with E-state index in [0.717, 1.165) is 11.4 Å². The van der Waals surface area contributed by atoms with Crippen LogP contribution >= 0.6 is 0 Å². The monoisotopic (exact) mass is 296 g/mol. The van der Waals surface area contributed by atoms with Crippen molar-refractivity contribution in [3.8, 4) is 11.4 Å². The average molecular weight is 296 g/mol. The van der Waals surface area contributed by atoms with Crippen molar-refractivity contribution in [1.29, 1.82) is 0 Å². The fourth-order valence-electron chi connectivity index (χ4n) is 1.64. The second kappa shape index (κ2) is 6.17. The Balaban J connectivity index is 2.03. The molecule has 2 rings (SSSR count). The predicted molar refractivity (Wildman–Crippen MR) is 74.6 cm³/mol. The SMILES string of the molecule is CC(C)(C)NCc1cn(-c2ccc(OC(F)F)cc2)nn1. The molecule has 0 amide bonds. The van der Waals surface area contributed by atoms with Crippen LogP contribution in [0.2, 0.25) is 0 Å². The van der Waals surface area contributed by atoms with Gasteiger partial charge in [0.1, 0.15) is 5.75 Å². The second-order valence-corrected chi connectivity index (χ2v) is 5.63. The Labute approximate surface area is 121 Å². The summed E-state index contributed by atoms with van der Waals surface area (Å²) in [4.78, 5) is 0. The van der Waals surface area contributed by atoms with Gasteiger partial charge in [-0.3, -0.25) is 0 Å². The lowest BCUT2D eigenvalue weighted by Crippen LogP contribution is -2.35. The van der Waals surface area contributed by atoms with Crippen LogP contribution < -0.4 is 10.1 Å². The van der Waals surface area contributed by atoms with E-state index in [9.17, 15) is 8.78 Å². The predicted octanol–water partition coefficient (Wildman–Crippen LogP) is 2.76. The first-order valence-corrected chi connectivity index (χ1v) is 6.55. The molecule has 1 heterocycles. The van der Waals surface area contributed by atoms with Gasteiger partial charge in [0.05, 0.1) is 17.6 Å². The van der Waals surface area contributed by atoms with Crippen molar-refractivity contribution in [3.05, 3.63) is 36.2 Å². The molecule has 1 N–H and O–H groups in total. The van der Waals surface area contributed by atoms with E-state index < -0.39 is 6.61 Å². The Kier molecular flexibility index (Phi) is 4.52. The molecule has 0 unspecified atom stereocenters. The summed E-state index contributed by atoms with van der Waals surface area (Å²) in [6.07, 6.45) is 1.79. The van der Waals surface area contributed by atoms with Crippen LogP contribution in [0.5, 0.6) is 5.75 Å². The molecule has 7 heteroatoms. The largest absolute Gasteiger partial charge is 0.435 e. The summed E-state index contributed by atoms with van der Waals surface area (Å²) in [5.41, 5.74) is 1.53. The first kappa shape index (κ1) is 15.4. The Morgan fingerprint density at radius 1 is 1.24 bits per heavy atom. The number of alkyl halides is 2. The highest BCUT2D eigenvalue weighted by Gasteiger charge is 2.10. The first-order valence-electron chi connectivity index (χ1n) is 6.55. The smallest absolute Gasteiger partial charge is 0.387 e. The Morgan fingerprint density at radius 3 is 2.48 bits per heavy atom. The van der Waals surface area contributed by atoms with E-state index in [1.54, 1.807) is 23.0 Å². The second-order valence-electron chi connectivity index (χ2n) is 5.63. The van der Waals surface area contributed by atoms with Crippen molar-refractivity contribution in [3.63, 3.8) is 0 Å². The van der Waals surface area contributed by atoms with E-state index >= 15 is 0 Å². The number of hydrogen-bond acceptors (Lipinski definition) is 4. The van der Waals surface area contributed by atoms with Gasteiger partial charge in [0.2, 0.25) is 0 Å². The molecule has 0 radical (unpaired) electrons. The van der Waals surface area contributed by atoms with E-state index in [0.29, 0.717) is 6.54 Å². The van der Waals surface area contributed by atoms with Crippen molar-refractivity contribution in [1.82, 2.24) is 20.3 Å². The van der Waals surface area contributed by atoms with Gasteiger partial charge in [0.25, 0.3) is 0 Å². The van der Waals surface area contributed by atoms with Gasteiger partial charge in [-0.25, -0.2) is 4.68 Å². The van der Waals surface area contributed by atoms with Gasteiger partial charge in [-0.15, -0.1) is 5.10 Å². The third-order valence-electron chi connectivity index (χ3n) is 2.67. The van der Waals surface area contributed by atoms with Gasteiger partial charge in [0, 0.05) is 12.1 Å². The van der Waals surface area contributed by atoms with Gasteiger partial charge in [-0.1, -0.05) is 5.21 Å². The molecular formula is C14H18F2N4O. The van der Waals surface area contributed by atoms with Crippen molar-refractivity contribution in [2.24, 2.45) is 0 Å². The topological polar surface area (TPSA) is 52.0 Å². The van der Waals surface area contributed by atoms with Crippen LogP contribution in [0.25, 0.3) is 5.69 Å². The number of nitrogens with one attached hydrogen (secondary N) is 1. The maximum Gasteiger partial charge on any atom is 0.387 e. The summed E-state index contributed by atoms with van der Waals surface area (Å²) in [5, 5.41) is 11.4. The lowest BCUT2D eigenvalue weighted by molar-refractivity contribution is -0.0498. The number of benzene rings is 1. The van der Waals surface area contributed by atoms with Crippen molar-refractivity contribution in [2.45, 2.75) is 39.5 Å². The maximum atomic E-state index is 12.1. The molecule has 2 aromatic rings. The Bertz CT molecular complexity index is 575. The summed E-state index contributed by atoms with van der Waals surface area (Å²) >= 11 is 0. The number of aromatic nitrogens is 3. The van der Waals surface area contributed by atoms with Crippen LogP contribution in [-0.2, 0) is 6.54 Å². The zero-order valence-corrected chi connectivity index (χ0v) is 12.2. The maximum absolute atomic E-state index is 12.1. The molecular weight excluding hydrogens is 278 g/mol. The minimum Gasteiger partial charge on any atom is -0.435 e. The third-order valence-corrected chi connectivity index (χ3v) is 2.67. The van der Waals surface area contributed by atoms with E-state index in [1.165, 1.54) is 12.1 Å². The van der Waals surface area contributed by atoms with Gasteiger partial charge < -0.3 is 10.1 Å². The van der Waals surface area contributed by atoms with Crippen LogP contribution in [-0.4, -0.2) is 27.1 Å². The Morgan fingerprint density at radius 2 is 1.90 bits per heavy atom. The molecule has 0 atom stereocenters. The van der Waals surface area contributed by atoms with Crippen LogP contribution in [0.4, 0.5) is 8.78 Å². The number of ether oxygens (including phenoxy) is 1. The molecule has 0 aliphatic heterocycles. The first-order chi connectivity index (χ1) is 9.83. The molecule has 0 aliphatic carbocycles. The lowest BCUT2D eigenvalue weighted by Gasteiger charge is -2.19. The normalized spacial score (nSPS) is 11.9. The molecule has 0 saturated heterocycles. The summed E-state index contributed by atoms with van der Waals surface area (Å²) in [7, 11) is 0. The zero-order valence-electron chi connectivity index (χ0n) is 12.2. The number of halogens is 2. The van der Waals surface area contributed by atoms with Crippen LogP contribution in [0.3, 0.4) is 0 Å². The summed E-state index contributed by atoms with van der Waals surface area (Å²) < 4.78 is 30.0.